The van der Waals surface area contributed by atoms with Crippen molar-refractivity contribution in [2.45, 2.75) is 72.3 Å². The summed E-state index contributed by atoms with van der Waals surface area (Å²) in [5.74, 6) is 1.06. The minimum Gasteiger partial charge on any atom is -0.389 e. The Morgan fingerprint density at radius 1 is 1.35 bits per heavy atom. The fourth-order valence-electron chi connectivity index (χ4n) is 5.06. The first-order valence-electron chi connectivity index (χ1n) is 8.04. The van der Waals surface area contributed by atoms with Gasteiger partial charge in [-0.1, -0.05) is 33.8 Å². The quantitative estimate of drug-likeness (QED) is 0.788. The third kappa shape index (κ3) is 2.59. The molecule has 20 heavy (non-hydrogen) atoms. The minimum atomic E-state index is -0.387. The van der Waals surface area contributed by atoms with Crippen molar-refractivity contribution in [3.05, 3.63) is 12.2 Å². The van der Waals surface area contributed by atoms with Crippen molar-refractivity contribution in [1.82, 2.24) is 0 Å². The van der Waals surface area contributed by atoms with Gasteiger partial charge in [0.05, 0.1) is 6.10 Å². The van der Waals surface area contributed by atoms with E-state index < -0.39 is 0 Å². The fraction of sp³-hybridized carbons (Fsp3) is 0.833. The van der Waals surface area contributed by atoms with Crippen molar-refractivity contribution >= 4 is 5.78 Å². The Morgan fingerprint density at radius 3 is 2.60 bits per heavy atom. The second-order valence-corrected chi connectivity index (χ2v) is 8.02. The highest BCUT2D eigenvalue weighted by Crippen LogP contribution is 2.61. The van der Waals surface area contributed by atoms with Gasteiger partial charge in [-0.05, 0) is 60.8 Å². The Morgan fingerprint density at radius 2 is 2.00 bits per heavy atom. The van der Waals surface area contributed by atoms with Gasteiger partial charge in [-0.2, -0.15) is 0 Å². The van der Waals surface area contributed by atoms with Gasteiger partial charge in [0.25, 0.3) is 0 Å². The van der Waals surface area contributed by atoms with E-state index in [9.17, 15) is 9.90 Å². The molecule has 0 aromatic carbocycles. The number of hydrogen-bond donors (Lipinski definition) is 1. The second-order valence-electron chi connectivity index (χ2n) is 8.02. The number of aliphatic hydroxyl groups is 1. The molecule has 2 aliphatic rings. The molecule has 2 nitrogen and oxygen atoms in total. The molecule has 0 radical (unpaired) electrons. The van der Waals surface area contributed by atoms with Crippen molar-refractivity contribution in [2.75, 3.05) is 0 Å². The first-order valence-corrected chi connectivity index (χ1v) is 8.04. The molecule has 0 spiro atoms. The van der Waals surface area contributed by atoms with Crippen LogP contribution in [0.5, 0.6) is 0 Å². The number of hydrogen-bond acceptors (Lipinski definition) is 2. The summed E-state index contributed by atoms with van der Waals surface area (Å²) >= 11 is 0. The summed E-state index contributed by atoms with van der Waals surface area (Å²) < 4.78 is 0. The third-order valence-electron chi connectivity index (χ3n) is 6.19. The van der Waals surface area contributed by atoms with Crippen LogP contribution in [0.4, 0.5) is 0 Å². The molecule has 2 rings (SSSR count). The van der Waals surface area contributed by atoms with Crippen LogP contribution < -0.4 is 0 Å². The van der Waals surface area contributed by atoms with Gasteiger partial charge < -0.3 is 9.90 Å². The first kappa shape index (κ1) is 15.8. The Labute approximate surface area is 123 Å². The smallest absolute Gasteiger partial charge is 0.129 e. The van der Waals surface area contributed by atoms with Gasteiger partial charge in [0.15, 0.2) is 0 Å². The molecule has 2 heteroatoms. The summed E-state index contributed by atoms with van der Waals surface area (Å²) in [5.41, 5.74) is 1.46. The van der Waals surface area contributed by atoms with Crippen molar-refractivity contribution in [3.63, 3.8) is 0 Å². The Balaban J connectivity index is 2.31. The van der Waals surface area contributed by atoms with Crippen molar-refractivity contribution in [2.24, 2.45) is 22.7 Å². The standard InChI is InChI=1S/C18H30O2/c1-12(19)7-8-14-13(2)15(20)11-16-17(3,4)9-6-10-18(14,16)5/h14-16,20H,2,6-11H2,1,3-5H3. The van der Waals surface area contributed by atoms with E-state index in [0.29, 0.717) is 18.3 Å². The third-order valence-corrected chi connectivity index (χ3v) is 6.19. The summed E-state index contributed by atoms with van der Waals surface area (Å²) in [4.78, 5) is 11.4. The lowest BCUT2D eigenvalue weighted by Crippen LogP contribution is -2.52. The van der Waals surface area contributed by atoms with E-state index in [-0.39, 0.29) is 22.7 Å². The summed E-state index contributed by atoms with van der Waals surface area (Å²) in [6.07, 6.45) is 5.62. The number of Topliss-reactive ketones (excluding diaryl/α,β-unsaturated/α-hetero) is 1. The summed E-state index contributed by atoms with van der Waals surface area (Å²) in [5, 5.41) is 10.4. The molecule has 0 bridgehead atoms. The van der Waals surface area contributed by atoms with E-state index in [2.05, 4.69) is 27.4 Å². The zero-order valence-electron chi connectivity index (χ0n) is 13.5. The number of carbonyl (C=O) groups excluding carboxylic acids is 1. The monoisotopic (exact) mass is 278 g/mol. The highest BCUT2D eigenvalue weighted by atomic mass is 16.3. The molecule has 2 saturated carbocycles. The fourth-order valence-corrected chi connectivity index (χ4v) is 5.06. The van der Waals surface area contributed by atoms with Gasteiger partial charge in [0.1, 0.15) is 5.78 Å². The molecule has 4 atom stereocenters. The van der Waals surface area contributed by atoms with Crippen LogP contribution in [0.1, 0.15) is 66.2 Å². The number of ketones is 1. The Bertz CT molecular complexity index is 410. The van der Waals surface area contributed by atoms with Crippen molar-refractivity contribution < 1.29 is 9.90 Å². The lowest BCUT2D eigenvalue weighted by atomic mass is 9.46. The molecule has 2 fully saturated rings. The predicted molar refractivity (Wildman–Crippen MR) is 82.4 cm³/mol. The molecule has 0 amide bonds. The topological polar surface area (TPSA) is 37.3 Å². The molecule has 1 N–H and O–H groups in total. The zero-order valence-corrected chi connectivity index (χ0v) is 13.5. The minimum absolute atomic E-state index is 0.202. The van der Waals surface area contributed by atoms with Crippen LogP contribution in [0.15, 0.2) is 12.2 Å². The zero-order chi connectivity index (χ0) is 15.1. The van der Waals surface area contributed by atoms with Gasteiger partial charge in [0, 0.05) is 6.42 Å². The van der Waals surface area contributed by atoms with Crippen molar-refractivity contribution in [1.29, 1.82) is 0 Å². The largest absolute Gasteiger partial charge is 0.389 e. The van der Waals surface area contributed by atoms with Gasteiger partial charge in [-0.3, -0.25) is 0 Å². The van der Waals surface area contributed by atoms with Gasteiger partial charge in [0.2, 0.25) is 0 Å². The average molecular weight is 278 g/mol. The maximum Gasteiger partial charge on any atom is 0.129 e. The maximum atomic E-state index is 11.4. The lowest BCUT2D eigenvalue weighted by Gasteiger charge is -2.59. The molecule has 0 saturated heterocycles. The summed E-state index contributed by atoms with van der Waals surface area (Å²) in [6, 6.07) is 0. The normalized spacial score (nSPS) is 40.2. The van der Waals surface area contributed by atoms with E-state index >= 15 is 0 Å². The van der Waals surface area contributed by atoms with Crippen LogP contribution in [0, 0.1) is 22.7 Å². The van der Waals surface area contributed by atoms with Gasteiger partial charge in [-0.25, -0.2) is 0 Å². The van der Waals surface area contributed by atoms with Crippen LogP contribution in [0.3, 0.4) is 0 Å². The van der Waals surface area contributed by atoms with Gasteiger partial charge >= 0.3 is 0 Å². The molecule has 0 aliphatic heterocycles. The van der Waals surface area contributed by atoms with Crippen LogP contribution in [-0.2, 0) is 4.79 Å². The molecule has 4 unspecified atom stereocenters. The Hall–Kier alpha value is -0.630. The lowest BCUT2D eigenvalue weighted by molar-refractivity contribution is -0.118. The number of carbonyl (C=O) groups is 1. The average Bonchev–Trinajstić information content (AvgIpc) is 2.31. The van der Waals surface area contributed by atoms with Crippen LogP contribution in [0.25, 0.3) is 0 Å². The van der Waals surface area contributed by atoms with E-state index in [0.717, 1.165) is 18.4 Å². The maximum absolute atomic E-state index is 11.4. The number of fused-ring (bicyclic) bond motifs is 1. The van der Waals surface area contributed by atoms with E-state index in [4.69, 9.17) is 0 Å². The SMILES string of the molecule is C=C1C(O)CC2C(C)(C)CCCC2(C)C1CCC(C)=O. The molecule has 114 valence electrons. The predicted octanol–water partition coefficient (Wildman–Crippen LogP) is 4.13. The molecule has 2 aliphatic carbocycles. The highest BCUT2D eigenvalue weighted by molar-refractivity contribution is 5.75. The highest BCUT2D eigenvalue weighted by Gasteiger charge is 2.54. The molecular formula is C18H30O2. The molecule has 0 aromatic rings. The van der Waals surface area contributed by atoms with Crippen LogP contribution in [-0.4, -0.2) is 17.0 Å². The molecule has 0 heterocycles. The summed E-state index contributed by atoms with van der Waals surface area (Å²) in [6.45, 7) is 12.9. The second kappa shape index (κ2) is 5.29. The summed E-state index contributed by atoms with van der Waals surface area (Å²) in [7, 11) is 0. The number of rotatable bonds is 3. The first-order chi connectivity index (χ1) is 9.18. The van der Waals surface area contributed by atoms with Crippen molar-refractivity contribution in [3.8, 4) is 0 Å². The van der Waals surface area contributed by atoms with E-state index in [1.807, 2.05) is 0 Å². The number of aliphatic hydroxyl groups excluding tert-OH is 1. The van der Waals surface area contributed by atoms with Crippen LogP contribution >= 0.6 is 0 Å². The molecule has 0 aromatic heterocycles. The van der Waals surface area contributed by atoms with E-state index in [1.54, 1.807) is 6.92 Å². The van der Waals surface area contributed by atoms with Gasteiger partial charge in [-0.15, -0.1) is 0 Å². The van der Waals surface area contributed by atoms with Crippen LogP contribution in [0.2, 0.25) is 0 Å². The Kier molecular flexibility index (Phi) is 4.17. The molecular weight excluding hydrogens is 248 g/mol. The van der Waals surface area contributed by atoms with E-state index in [1.165, 1.54) is 19.3 Å².